The molecule has 1 aliphatic heterocycles. The van der Waals surface area contributed by atoms with Crippen molar-refractivity contribution in [3.63, 3.8) is 0 Å². The molecule has 0 spiro atoms. The van der Waals surface area contributed by atoms with E-state index in [1.54, 1.807) is 6.07 Å². The molecule has 0 radical (unpaired) electrons. The van der Waals surface area contributed by atoms with Crippen LogP contribution in [0.2, 0.25) is 0 Å². The SMILES string of the molecule is CC(C)(C)c1ccc(C(=O)NCCN2CCOCC2)nn1. The number of amides is 1. The normalized spacial score (nSPS) is 16.7. The molecule has 0 unspecified atom stereocenters. The minimum absolute atomic E-state index is 0.0572. The van der Waals surface area contributed by atoms with Crippen LogP contribution in [-0.4, -0.2) is 60.4 Å². The first-order valence-corrected chi connectivity index (χ1v) is 7.39. The number of ether oxygens (including phenoxy) is 1. The Bertz CT molecular complexity index is 462. The molecule has 6 heteroatoms. The van der Waals surface area contributed by atoms with E-state index in [2.05, 4.69) is 41.2 Å². The van der Waals surface area contributed by atoms with Crippen LogP contribution in [0, 0.1) is 0 Å². The molecule has 1 N–H and O–H groups in total. The number of nitrogens with one attached hydrogen (secondary N) is 1. The molecule has 2 rings (SSSR count). The van der Waals surface area contributed by atoms with E-state index < -0.39 is 0 Å². The maximum Gasteiger partial charge on any atom is 0.271 e. The average Bonchev–Trinajstić information content (AvgIpc) is 2.47. The molecular weight excluding hydrogens is 268 g/mol. The Hall–Kier alpha value is -1.53. The summed E-state index contributed by atoms with van der Waals surface area (Å²) in [5.41, 5.74) is 1.19. The highest BCUT2D eigenvalue weighted by atomic mass is 16.5. The van der Waals surface area contributed by atoms with Crippen LogP contribution in [0.1, 0.15) is 37.0 Å². The van der Waals surface area contributed by atoms with Gasteiger partial charge in [-0.15, -0.1) is 5.10 Å². The van der Waals surface area contributed by atoms with Gasteiger partial charge in [0.25, 0.3) is 5.91 Å². The lowest BCUT2D eigenvalue weighted by Crippen LogP contribution is -2.41. The topological polar surface area (TPSA) is 67.4 Å². The molecule has 1 saturated heterocycles. The molecule has 0 aromatic carbocycles. The van der Waals surface area contributed by atoms with Crippen molar-refractivity contribution < 1.29 is 9.53 Å². The molecule has 6 nitrogen and oxygen atoms in total. The van der Waals surface area contributed by atoms with E-state index in [0.29, 0.717) is 12.2 Å². The standard InChI is InChI=1S/C15H24N4O2/c1-15(2,3)13-5-4-12(17-18-13)14(20)16-6-7-19-8-10-21-11-9-19/h4-5H,6-11H2,1-3H3,(H,16,20). The lowest BCUT2D eigenvalue weighted by molar-refractivity contribution is 0.0383. The first-order valence-electron chi connectivity index (χ1n) is 7.39. The monoisotopic (exact) mass is 292 g/mol. The smallest absolute Gasteiger partial charge is 0.271 e. The Morgan fingerprint density at radius 1 is 1.29 bits per heavy atom. The van der Waals surface area contributed by atoms with Gasteiger partial charge in [-0.3, -0.25) is 9.69 Å². The fourth-order valence-corrected chi connectivity index (χ4v) is 2.10. The molecule has 0 atom stereocenters. The van der Waals surface area contributed by atoms with Crippen molar-refractivity contribution in [1.29, 1.82) is 0 Å². The second-order valence-electron chi connectivity index (χ2n) is 6.26. The number of hydrogen-bond acceptors (Lipinski definition) is 5. The van der Waals surface area contributed by atoms with Crippen molar-refractivity contribution in [2.75, 3.05) is 39.4 Å². The van der Waals surface area contributed by atoms with E-state index in [1.807, 2.05) is 6.07 Å². The minimum Gasteiger partial charge on any atom is -0.379 e. The summed E-state index contributed by atoms with van der Waals surface area (Å²) >= 11 is 0. The maximum atomic E-state index is 12.0. The van der Waals surface area contributed by atoms with E-state index in [1.165, 1.54) is 0 Å². The highest BCUT2D eigenvalue weighted by molar-refractivity contribution is 5.92. The Labute approximate surface area is 125 Å². The molecule has 1 aromatic heterocycles. The summed E-state index contributed by atoms with van der Waals surface area (Å²) in [6, 6.07) is 3.60. The third kappa shape index (κ3) is 4.75. The van der Waals surface area contributed by atoms with Crippen molar-refractivity contribution in [3.8, 4) is 0 Å². The predicted molar refractivity (Wildman–Crippen MR) is 80.3 cm³/mol. The lowest BCUT2D eigenvalue weighted by Gasteiger charge is -2.26. The molecule has 0 bridgehead atoms. The molecule has 0 aliphatic carbocycles. The van der Waals surface area contributed by atoms with Gasteiger partial charge in [-0.05, 0) is 12.1 Å². The predicted octanol–water partition coefficient (Wildman–Crippen LogP) is 0.836. The van der Waals surface area contributed by atoms with Crippen LogP contribution in [-0.2, 0) is 10.2 Å². The molecule has 116 valence electrons. The molecule has 1 fully saturated rings. The Morgan fingerprint density at radius 3 is 2.57 bits per heavy atom. The molecule has 1 amide bonds. The quantitative estimate of drug-likeness (QED) is 0.890. The van der Waals surface area contributed by atoms with Gasteiger partial charge >= 0.3 is 0 Å². The molecule has 1 aliphatic rings. The maximum absolute atomic E-state index is 12.0. The number of aromatic nitrogens is 2. The van der Waals surface area contributed by atoms with E-state index in [4.69, 9.17) is 4.74 Å². The highest BCUT2D eigenvalue weighted by Crippen LogP contribution is 2.18. The van der Waals surface area contributed by atoms with Crippen molar-refractivity contribution in [3.05, 3.63) is 23.5 Å². The number of carbonyl (C=O) groups excluding carboxylic acids is 1. The van der Waals surface area contributed by atoms with Crippen molar-refractivity contribution in [2.45, 2.75) is 26.2 Å². The number of rotatable bonds is 4. The second-order valence-corrected chi connectivity index (χ2v) is 6.26. The number of nitrogens with zero attached hydrogens (tertiary/aromatic N) is 3. The van der Waals surface area contributed by atoms with E-state index in [-0.39, 0.29) is 11.3 Å². The van der Waals surface area contributed by atoms with Crippen LogP contribution in [0.15, 0.2) is 12.1 Å². The molecule has 1 aromatic rings. The summed E-state index contributed by atoms with van der Waals surface area (Å²) in [4.78, 5) is 14.3. The van der Waals surface area contributed by atoms with Crippen LogP contribution < -0.4 is 5.32 Å². The van der Waals surface area contributed by atoms with Crippen molar-refractivity contribution >= 4 is 5.91 Å². The second kappa shape index (κ2) is 6.95. The molecular formula is C15H24N4O2. The van der Waals surface area contributed by atoms with Crippen LogP contribution in [0.3, 0.4) is 0 Å². The number of morpholine rings is 1. The minimum atomic E-state index is -0.170. The van der Waals surface area contributed by atoms with Gasteiger partial charge in [-0.1, -0.05) is 20.8 Å². The summed E-state index contributed by atoms with van der Waals surface area (Å²) < 4.78 is 5.29. The Kier molecular flexibility index (Phi) is 5.25. The lowest BCUT2D eigenvalue weighted by atomic mass is 9.92. The van der Waals surface area contributed by atoms with Gasteiger partial charge in [-0.2, -0.15) is 5.10 Å². The van der Waals surface area contributed by atoms with Crippen LogP contribution in [0.25, 0.3) is 0 Å². The van der Waals surface area contributed by atoms with Gasteiger partial charge in [0.15, 0.2) is 5.69 Å². The van der Waals surface area contributed by atoms with Gasteiger partial charge in [0.2, 0.25) is 0 Å². The zero-order valence-corrected chi connectivity index (χ0v) is 13.1. The van der Waals surface area contributed by atoms with Gasteiger partial charge in [0.05, 0.1) is 18.9 Å². The Morgan fingerprint density at radius 2 is 2.00 bits per heavy atom. The first kappa shape index (κ1) is 15.9. The van der Waals surface area contributed by atoms with Gasteiger partial charge < -0.3 is 10.1 Å². The fraction of sp³-hybridized carbons (Fsp3) is 0.667. The van der Waals surface area contributed by atoms with Crippen molar-refractivity contribution in [1.82, 2.24) is 20.4 Å². The van der Waals surface area contributed by atoms with Crippen molar-refractivity contribution in [2.24, 2.45) is 0 Å². The highest BCUT2D eigenvalue weighted by Gasteiger charge is 2.17. The molecule has 21 heavy (non-hydrogen) atoms. The van der Waals surface area contributed by atoms with Gasteiger partial charge in [0.1, 0.15) is 0 Å². The number of hydrogen-bond donors (Lipinski definition) is 1. The third-order valence-corrected chi connectivity index (χ3v) is 3.48. The first-order chi connectivity index (χ1) is 9.97. The van der Waals surface area contributed by atoms with Crippen LogP contribution >= 0.6 is 0 Å². The van der Waals surface area contributed by atoms with Crippen LogP contribution in [0.4, 0.5) is 0 Å². The summed E-state index contributed by atoms with van der Waals surface area (Å²) in [5.74, 6) is -0.170. The average molecular weight is 292 g/mol. The van der Waals surface area contributed by atoms with Gasteiger partial charge in [-0.25, -0.2) is 0 Å². The molecule has 0 saturated carbocycles. The van der Waals surface area contributed by atoms with E-state index in [9.17, 15) is 4.79 Å². The number of carbonyl (C=O) groups is 1. The fourth-order valence-electron chi connectivity index (χ4n) is 2.10. The third-order valence-electron chi connectivity index (χ3n) is 3.48. The summed E-state index contributed by atoms with van der Waals surface area (Å²) in [6.45, 7) is 11.1. The summed E-state index contributed by atoms with van der Waals surface area (Å²) in [5, 5.41) is 11.0. The zero-order chi connectivity index (χ0) is 15.3. The van der Waals surface area contributed by atoms with Crippen LogP contribution in [0.5, 0.6) is 0 Å². The zero-order valence-electron chi connectivity index (χ0n) is 13.1. The van der Waals surface area contributed by atoms with Gasteiger partial charge in [0, 0.05) is 31.6 Å². The molecule has 2 heterocycles. The Balaban J connectivity index is 1.80. The van der Waals surface area contributed by atoms with E-state index >= 15 is 0 Å². The largest absolute Gasteiger partial charge is 0.379 e. The summed E-state index contributed by atoms with van der Waals surface area (Å²) in [7, 11) is 0. The van der Waals surface area contributed by atoms with E-state index in [0.717, 1.165) is 38.5 Å². The summed E-state index contributed by atoms with van der Waals surface area (Å²) in [6.07, 6.45) is 0.